The van der Waals surface area contributed by atoms with Crippen LogP contribution in [0.25, 0.3) is 0 Å². The van der Waals surface area contributed by atoms with E-state index >= 15 is 0 Å². The zero-order valence-corrected chi connectivity index (χ0v) is 16.1. The van der Waals surface area contributed by atoms with Gasteiger partial charge in [-0.15, -0.1) is 11.3 Å². The number of likely N-dealkylation sites (N-methyl/N-ethyl adjacent to an activating group) is 1. The summed E-state index contributed by atoms with van der Waals surface area (Å²) >= 11 is 1.28. The van der Waals surface area contributed by atoms with Crippen molar-refractivity contribution in [3.05, 3.63) is 51.5 Å². The molecule has 26 heavy (non-hydrogen) atoms. The fourth-order valence-corrected chi connectivity index (χ4v) is 3.19. The second-order valence-corrected chi connectivity index (χ2v) is 7.41. The monoisotopic (exact) mass is 378 g/mol. The first-order valence-electron chi connectivity index (χ1n) is 8.24. The zero-order chi connectivity index (χ0) is 19.3. The lowest BCUT2D eigenvalue weighted by molar-refractivity contribution is -0.123. The molecule has 1 aromatic carbocycles. The van der Waals surface area contributed by atoms with E-state index in [9.17, 15) is 14.0 Å². The predicted octanol–water partition coefficient (Wildman–Crippen LogP) is 1.98. The first-order chi connectivity index (χ1) is 12.3. The van der Waals surface area contributed by atoms with Gasteiger partial charge in [0.05, 0.1) is 5.56 Å². The Morgan fingerprint density at radius 2 is 2.04 bits per heavy atom. The lowest BCUT2D eigenvalue weighted by Crippen LogP contribution is -2.37. The summed E-state index contributed by atoms with van der Waals surface area (Å²) in [5, 5.41) is 2.86. The van der Waals surface area contributed by atoms with E-state index in [2.05, 4.69) is 10.3 Å². The average molecular weight is 378 g/mol. The molecule has 6 nitrogen and oxygen atoms in total. The van der Waals surface area contributed by atoms with Gasteiger partial charge in [-0.05, 0) is 40.1 Å². The molecule has 0 saturated heterocycles. The third kappa shape index (κ3) is 5.09. The Bertz CT molecular complexity index is 857. The van der Waals surface area contributed by atoms with Gasteiger partial charge in [0.2, 0.25) is 5.91 Å². The summed E-state index contributed by atoms with van der Waals surface area (Å²) < 4.78 is 15.4. The molecule has 2 aromatic rings. The maximum Gasteiger partial charge on any atom is 0.282 e. The van der Waals surface area contributed by atoms with Crippen molar-refractivity contribution in [1.29, 1.82) is 0 Å². The second-order valence-electron chi connectivity index (χ2n) is 6.20. The number of aryl methyl sites for hydroxylation is 1. The maximum atomic E-state index is 13.8. The fourth-order valence-electron chi connectivity index (χ4n) is 2.29. The molecular weight excluding hydrogens is 355 g/mol. The van der Waals surface area contributed by atoms with Crippen LogP contribution in [-0.4, -0.2) is 48.5 Å². The van der Waals surface area contributed by atoms with Crippen LogP contribution in [0.5, 0.6) is 0 Å². The van der Waals surface area contributed by atoms with Crippen molar-refractivity contribution in [3.8, 4) is 0 Å². The number of hydrogen-bond acceptors (Lipinski definition) is 4. The fraction of sp³-hybridized carbons (Fsp3) is 0.389. The first kappa shape index (κ1) is 20.0. The van der Waals surface area contributed by atoms with Crippen molar-refractivity contribution in [2.75, 3.05) is 27.2 Å². The quantitative estimate of drug-likeness (QED) is 0.836. The molecule has 0 bridgehead atoms. The minimum atomic E-state index is -0.668. The van der Waals surface area contributed by atoms with Crippen LogP contribution in [0.4, 0.5) is 4.39 Å². The molecule has 1 aromatic heterocycles. The molecule has 0 saturated carbocycles. The summed E-state index contributed by atoms with van der Waals surface area (Å²) in [5.74, 6) is -1.45. The Balaban J connectivity index is 2.25. The molecule has 0 fully saturated rings. The topological polar surface area (TPSA) is 66.7 Å². The number of hydrogen-bond donors (Lipinski definition) is 1. The van der Waals surface area contributed by atoms with Gasteiger partial charge in [-0.3, -0.25) is 9.59 Å². The van der Waals surface area contributed by atoms with E-state index in [1.807, 2.05) is 25.9 Å². The Labute approximate surface area is 156 Å². The van der Waals surface area contributed by atoms with Crippen LogP contribution in [0.2, 0.25) is 0 Å². The van der Waals surface area contributed by atoms with Gasteiger partial charge >= 0.3 is 0 Å². The molecule has 0 spiro atoms. The highest BCUT2D eigenvalue weighted by Crippen LogP contribution is 2.11. The van der Waals surface area contributed by atoms with Crippen molar-refractivity contribution >= 4 is 23.2 Å². The highest BCUT2D eigenvalue weighted by atomic mass is 32.1. The van der Waals surface area contributed by atoms with E-state index in [0.29, 0.717) is 11.3 Å². The normalized spacial score (nSPS) is 13.1. The summed E-state index contributed by atoms with van der Waals surface area (Å²) in [4.78, 5) is 32.0. The van der Waals surface area contributed by atoms with Gasteiger partial charge in [-0.2, -0.15) is 4.99 Å². The Kier molecular flexibility index (Phi) is 6.82. The highest BCUT2D eigenvalue weighted by Gasteiger charge is 2.18. The molecule has 8 heteroatoms. The molecule has 0 radical (unpaired) electrons. The lowest BCUT2D eigenvalue weighted by Gasteiger charge is -2.15. The van der Waals surface area contributed by atoms with E-state index in [0.717, 1.165) is 11.4 Å². The number of benzene rings is 1. The number of thiazole rings is 1. The SMILES string of the molecule is Cc1cn(C(C)C(=O)NCCN(C)C)c(=NC(=O)c2ccccc2F)s1. The van der Waals surface area contributed by atoms with Crippen molar-refractivity contribution in [3.63, 3.8) is 0 Å². The number of nitrogens with zero attached hydrogens (tertiary/aromatic N) is 3. The first-order valence-corrected chi connectivity index (χ1v) is 9.06. The van der Waals surface area contributed by atoms with E-state index in [4.69, 9.17) is 0 Å². The maximum absolute atomic E-state index is 13.8. The van der Waals surface area contributed by atoms with Gasteiger partial charge < -0.3 is 14.8 Å². The molecule has 1 unspecified atom stereocenters. The molecule has 2 rings (SSSR count). The third-order valence-corrected chi connectivity index (χ3v) is 4.66. The molecular formula is C18H23FN4O2S. The highest BCUT2D eigenvalue weighted by molar-refractivity contribution is 7.09. The van der Waals surface area contributed by atoms with Crippen LogP contribution in [-0.2, 0) is 4.79 Å². The molecule has 0 aliphatic heterocycles. The van der Waals surface area contributed by atoms with E-state index < -0.39 is 17.8 Å². The number of halogens is 1. The number of carbonyl (C=O) groups is 2. The van der Waals surface area contributed by atoms with Gasteiger partial charge in [0.15, 0.2) is 4.80 Å². The summed E-state index contributed by atoms with van der Waals surface area (Å²) in [6.07, 6.45) is 1.77. The molecule has 1 heterocycles. The van der Waals surface area contributed by atoms with Crippen molar-refractivity contribution in [1.82, 2.24) is 14.8 Å². The Morgan fingerprint density at radius 3 is 2.69 bits per heavy atom. The van der Waals surface area contributed by atoms with Crippen LogP contribution >= 0.6 is 11.3 Å². The van der Waals surface area contributed by atoms with E-state index in [1.54, 1.807) is 23.8 Å². The van der Waals surface area contributed by atoms with Crippen LogP contribution in [0.3, 0.4) is 0 Å². The average Bonchev–Trinajstić information content (AvgIpc) is 2.94. The Hall–Kier alpha value is -2.32. The number of nitrogens with one attached hydrogen (secondary N) is 1. The van der Waals surface area contributed by atoms with Gasteiger partial charge in [-0.1, -0.05) is 12.1 Å². The Morgan fingerprint density at radius 1 is 1.35 bits per heavy atom. The summed E-state index contributed by atoms with van der Waals surface area (Å²) in [6, 6.07) is 5.18. The summed E-state index contributed by atoms with van der Waals surface area (Å²) in [7, 11) is 3.86. The number of rotatable bonds is 6. The minimum absolute atomic E-state index is 0.0896. The molecule has 2 amide bonds. The van der Waals surface area contributed by atoms with Gasteiger partial charge in [0, 0.05) is 24.2 Å². The number of amides is 2. The molecule has 1 N–H and O–H groups in total. The van der Waals surface area contributed by atoms with Crippen molar-refractivity contribution in [2.24, 2.45) is 4.99 Å². The largest absolute Gasteiger partial charge is 0.353 e. The van der Waals surface area contributed by atoms with Gasteiger partial charge in [0.25, 0.3) is 5.91 Å². The van der Waals surface area contributed by atoms with Crippen molar-refractivity contribution in [2.45, 2.75) is 19.9 Å². The lowest BCUT2D eigenvalue weighted by atomic mass is 10.2. The molecule has 0 aliphatic carbocycles. The van der Waals surface area contributed by atoms with Crippen LogP contribution in [0, 0.1) is 12.7 Å². The number of aromatic nitrogens is 1. The zero-order valence-electron chi connectivity index (χ0n) is 15.3. The minimum Gasteiger partial charge on any atom is -0.353 e. The van der Waals surface area contributed by atoms with Gasteiger partial charge in [-0.25, -0.2) is 4.39 Å². The number of carbonyl (C=O) groups excluding carboxylic acids is 2. The molecule has 1 atom stereocenters. The smallest absolute Gasteiger partial charge is 0.282 e. The van der Waals surface area contributed by atoms with Crippen LogP contribution in [0.1, 0.15) is 28.2 Å². The molecule has 0 aliphatic rings. The van der Waals surface area contributed by atoms with E-state index in [1.165, 1.54) is 29.5 Å². The van der Waals surface area contributed by atoms with E-state index in [-0.39, 0.29) is 11.5 Å². The summed E-state index contributed by atoms with van der Waals surface area (Å²) in [5.41, 5.74) is -0.0896. The van der Waals surface area contributed by atoms with Crippen LogP contribution in [0.15, 0.2) is 35.5 Å². The second kappa shape index (κ2) is 8.86. The standard InChI is InChI=1S/C18H23FN4O2S/c1-12-11-23(13(2)16(24)20-9-10-22(3)4)18(26-12)21-17(25)14-7-5-6-8-15(14)19/h5-8,11,13H,9-10H2,1-4H3,(H,20,24). The molecule has 140 valence electrons. The van der Waals surface area contributed by atoms with Crippen molar-refractivity contribution < 1.29 is 14.0 Å². The summed E-state index contributed by atoms with van der Waals surface area (Å²) in [6.45, 7) is 4.86. The third-order valence-electron chi connectivity index (χ3n) is 3.75. The van der Waals surface area contributed by atoms with Crippen LogP contribution < -0.4 is 10.1 Å². The van der Waals surface area contributed by atoms with Gasteiger partial charge in [0.1, 0.15) is 11.9 Å². The predicted molar refractivity (Wildman–Crippen MR) is 99.6 cm³/mol.